The first-order valence-electron chi connectivity index (χ1n) is 5.66. The summed E-state index contributed by atoms with van der Waals surface area (Å²) >= 11 is 0. The lowest BCUT2D eigenvalue weighted by Crippen LogP contribution is -2.63. The van der Waals surface area contributed by atoms with Crippen molar-refractivity contribution in [3.05, 3.63) is 12.2 Å². The monoisotopic (exact) mass is 396 g/mol. The van der Waals surface area contributed by atoms with Crippen molar-refractivity contribution in [3.8, 4) is 0 Å². The minimum Gasteiger partial charge on any atom is -0.478 e. The molecule has 0 rings (SSSR count). The minimum atomic E-state index is -7.32. The molecule has 0 heterocycles. The molecule has 0 aromatic rings. The maximum Gasteiger partial charge on any atom is 0.460 e. The molecule has 0 radical (unpaired) electrons. The summed E-state index contributed by atoms with van der Waals surface area (Å²) < 4.78 is 135. The molecule has 142 valence electrons. The van der Waals surface area contributed by atoms with Crippen LogP contribution in [-0.2, 0) is 14.6 Å². The zero-order chi connectivity index (χ0) is 19.8. The lowest BCUT2D eigenvalue weighted by atomic mass is 10.1. The fourth-order valence-corrected chi connectivity index (χ4v) is 2.57. The molecular formula is C10H9F9O4S. The van der Waals surface area contributed by atoms with Gasteiger partial charge in [0.15, 0.2) is 0 Å². The van der Waals surface area contributed by atoms with E-state index in [1.807, 2.05) is 0 Å². The van der Waals surface area contributed by atoms with E-state index in [0.29, 0.717) is 0 Å². The molecule has 0 aromatic carbocycles. The number of rotatable bonds is 8. The summed E-state index contributed by atoms with van der Waals surface area (Å²) in [5, 5.41) is 1.61. The smallest absolute Gasteiger partial charge is 0.460 e. The van der Waals surface area contributed by atoms with E-state index >= 15 is 0 Å². The van der Waals surface area contributed by atoms with Crippen LogP contribution in [0.25, 0.3) is 0 Å². The van der Waals surface area contributed by atoms with Crippen molar-refractivity contribution in [3.63, 3.8) is 0 Å². The fraction of sp³-hybridized carbons (Fsp3) is 0.700. The van der Waals surface area contributed by atoms with Crippen LogP contribution in [0.15, 0.2) is 12.2 Å². The van der Waals surface area contributed by atoms with Crippen LogP contribution in [0.4, 0.5) is 39.5 Å². The van der Waals surface area contributed by atoms with E-state index in [1.165, 1.54) is 0 Å². The summed E-state index contributed by atoms with van der Waals surface area (Å²) in [7, 11) is -6.48. The number of halogens is 9. The summed E-state index contributed by atoms with van der Waals surface area (Å²) in [5.41, 5.74) is -0.708. The summed E-state index contributed by atoms with van der Waals surface area (Å²) in [6.45, 7) is 2.86. The highest BCUT2D eigenvalue weighted by molar-refractivity contribution is 7.92. The third-order valence-electron chi connectivity index (χ3n) is 2.70. The van der Waals surface area contributed by atoms with Gasteiger partial charge in [0.25, 0.3) is 0 Å². The molecule has 0 spiro atoms. The van der Waals surface area contributed by atoms with Crippen molar-refractivity contribution >= 4 is 15.8 Å². The van der Waals surface area contributed by atoms with E-state index in [2.05, 4.69) is 6.58 Å². The van der Waals surface area contributed by atoms with Crippen LogP contribution in [0.3, 0.4) is 0 Å². The molecule has 0 aliphatic carbocycles. The van der Waals surface area contributed by atoms with E-state index in [9.17, 15) is 52.7 Å². The second-order valence-electron chi connectivity index (χ2n) is 4.49. The quantitative estimate of drug-likeness (QED) is 0.505. The number of carboxylic acids is 1. The van der Waals surface area contributed by atoms with Crippen molar-refractivity contribution in [2.75, 3.05) is 5.75 Å². The molecule has 0 unspecified atom stereocenters. The number of alkyl halides is 9. The Morgan fingerprint density at radius 3 is 1.67 bits per heavy atom. The number of hydrogen-bond acceptors (Lipinski definition) is 3. The number of aliphatic carboxylic acids is 1. The van der Waals surface area contributed by atoms with Crippen LogP contribution in [0.1, 0.15) is 12.8 Å². The molecule has 0 fully saturated rings. The molecule has 0 saturated heterocycles. The number of carbonyl (C=O) groups is 1. The van der Waals surface area contributed by atoms with Crippen molar-refractivity contribution < 1.29 is 57.8 Å². The Morgan fingerprint density at radius 2 is 1.33 bits per heavy atom. The van der Waals surface area contributed by atoms with Crippen LogP contribution < -0.4 is 0 Å². The van der Waals surface area contributed by atoms with Crippen LogP contribution in [0.5, 0.6) is 0 Å². The predicted octanol–water partition coefficient (Wildman–Crippen LogP) is 3.25. The Kier molecular flexibility index (Phi) is 6.05. The molecule has 0 aliphatic rings. The van der Waals surface area contributed by atoms with Crippen LogP contribution >= 0.6 is 0 Å². The Hall–Kier alpha value is -1.47. The molecule has 0 saturated carbocycles. The van der Waals surface area contributed by atoms with E-state index in [4.69, 9.17) is 5.11 Å². The average Bonchev–Trinajstić information content (AvgIpc) is 2.35. The largest absolute Gasteiger partial charge is 0.478 e. The van der Waals surface area contributed by atoms with Gasteiger partial charge in [-0.15, -0.1) is 0 Å². The first kappa shape index (κ1) is 22.5. The molecule has 14 heteroatoms. The van der Waals surface area contributed by atoms with Crippen molar-refractivity contribution in [1.29, 1.82) is 0 Å². The Morgan fingerprint density at radius 1 is 0.917 bits per heavy atom. The van der Waals surface area contributed by atoms with Gasteiger partial charge in [-0.25, -0.2) is 13.2 Å². The normalized spacial score (nSPS) is 14.5. The van der Waals surface area contributed by atoms with Crippen molar-refractivity contribution in [1.82, 2.24) is 0 Å². The highest BCUT2D eigenvalue weighted by Crippen LogP contribution is 2.54. The summed E-state index contributed by atoms with van der Waals surface area (Å²) in [6.07, 6.45) is -8.99. The summed E-state index contributed by atoms with van der Waals surface area (Å²) in [4.78, 5) is 10.3. The van der Waals surface area contributed by atoms with E-state index in [0.717, 1.165) is 0 Å². The van der Waals surface area contributed by atoms with Crippen molar-refractivity contribution in [2.45, 2.75) is 36.1 Å². The van der Waals surface area contributed by atoms with Crippen LogP contribution in [0, 0.1) is 0 Å². The topological polar surface area (TPSA) is 71.4 Å². The molecule has 4 nitrogen and oxygen atoms in total. The van der Waals surface area contributed by atoms with Gasteiger partial charge in [-0.3, -0.25) is 0 Å². The van der Waals surface area contributed by atoms with Gasteiger partial charge in [-0.2, -0.15) is 39.5 Å². The standard InChI is InChI=1S/C10H9F9O4S/c1-5(6(20)21)3-2-4-24(22,23)10(18,19)8(13,14)7(11,12)9(15,16)17/h1-4H2,(H,20,21). The van der Waals surface area contributed by atoms with Gasteiger partial charge in [0.05, 0.1) is 5.75 Å². The van der Waals surface area contributed by atoms with E-state index in [1.54, 1.807) is 0 Å². The average molecular weight is 396 g/mol. The van der Waals surface area contributed by atoms with Gasteiger partial charge in [-0.1, -0.05) is 6.58 Å². The molecule has 0 amide bonds. The molecule has 0 aliphatic heterocycles. The molecule has 0 bridgehead atoms. The van der Waals surface area contributed by atoms with E-state index < -0.39 is 63.3 Å². The maximum atomic E-state index is 13.2. The second-order valence-corrected chi connectivity index (χ2v) is 6.64. The van der Waals surface area contributed by atoms with Gasteiger partial charge < -0.3 is 5.11 Å². The summed E-state index contributed by atoms with van der Waals surface area (Å²) in [5.74, 6) is -18.2. The zero-order valence-corrected chi connectivity index (χ0v) is 12.1. The van der Waals surface area contributed by atoms with Gasteiger partial charge in [0.1, 0.15) is 0 Å². The fourth-order valence-electron chi connectivity index (χ4n) is 1.27. The van der Waals surface area contributed by atoms with Gasteiger partial charge in [0.2, 0.25) is 9.84 Å². The highest BCUT2D eigenvalue weighted by Gasteiger charge is 2.84. The number of hydrogen-bond donors (Lipinski definition) is 1. The first-order valence-corrected chi connectivity index (χ1v) is 7.31. The van der Waals surface area contributed by atoms with Crippen molar-refractivity contribution in [2.24, 2.45) is 0 Å². The third kappa shape index (κ3) is 3.78. The minimum absolute atomic E-state index is 0.708. The zero-order valence-electron chi connectivity index (χ0n) is 11.3. The van der Waals surface area contributed by atoms with Gasteiger partial charge >= 0.3 is 29.2 Å². The Balaban J connectivity index is 5.55. The predicted molar refractivity (Wildman–Crippen MR) is 60.7 cm³/mol. The molecule has 24 heavy (non-hydrogen) atoms. The van der Waals surface area contributed by atoms with E-state index in [-0.39, 0.29) is 0 Å². The first-order chi connectivity index (χ1) is 10.3. The lowest BCUT2D eigenvalue weighted by Gasteiger charge is -2.33. The summed E-state index contributed by atoms with van der Waals surface area (Å²) in [6, 6.07) is 0. The van der Waals surface area contributed by atoms with Crippen LogP contribution in [0.2, 0.25) is 0 Å². The van der Waals surface area contributed by atoms with Gasteiger partial charge in [-0.05, 0) is 12.8 Å². The maximum absolute atomic E-state index is 13.2. The number of sulfone groups is 1. The molecule has 0 aromatic heterocycles. The molecular weight excluding hydrogens is 387 g/mol. The molecule has 0 atom stereocenters. The van der Waals surface area contributed by atoms with Crippen LogP contribution in [-0.4, -0.2) is 48.5 Å². The highest BCUT2D eigenvalue weighted by atomic mass is 32.2. The number of carboxylic acid groups (broad SMARTS) is 1. The Labute approximate surface area is 128 Å². The van der Waals surface area contributed by atoms with Gasteiger partial charge in [0, 0.05) is 5.57 Å². The SMILES string of the molecule is C=C(CCCS(=O)(=O)C(F)(F)C(F)(F)C(F)(F)C(F)(F)F)C(=O)O. The second kappa shape index (κ2) is 6.44. The Bertz CT molecular complexity index is 606. The molecule has 1 N–H and O–H groups in total. The lowest BCUT2D eigenvalue weighted by molar-refractivity contribution is -0.382. The third-order valence-corrected chi connectivity index (χ3v) is 4.56.